The predicted octanol–water partition coefficient (Wildman–Crippen LogP) is 4.73. The molecule has 0 heterocycles. The number of hydrogen-bond donors (Lipinski definition) is 2. The number of carbonyl (C=O) groups is 2. The zero-order valence-corrected chi connectivity index (χ0v) is 17.5. The third kappa shape index (κ3) is 6.18. The number of aliphatic carboxylic acids is 1. The van der Waals surface area contributed by atoms with E-state index in [9.17, 15) is 14.7 Å². The minimum atomic E-state index is -1.21. The molecule has 2 N–H and O–H groups in total. The summed E-state index contributed by atoms with van der Waals surface area (Å²) in [6.45, 7) is 0.444. The number of ether oxygens (including phenoxy) is 1. The molecule has 0 aliphatic rings. The van der Waals surface area contributed by atoms with E-state index < -0.39 is 11.9 Å². The van der Waals surface area contributed by atoms with Crippen LogP contribution >= 0.6 is 22.6 Å². The van der Waals surface area contributed by atoms with Gasteiger partial charge in [-0.05, 0) is 76.2 Å². The summed E-state index contributed by atoms with van der Waals surface area (Å²) in [5.41, 5.74) is 1.89. The number of hydrogen-bond acceptors (Lipinski definition) is 3. The second kappa shape index (κ2) is 9.88. The predicted molar refractivity (Wildman–Crippen MR) is 119 cm³/mol. The van der Waals surface area contributed by atoms with Crippen molar-refractivity contribution in [2.75, 3.05) is 0 Å². The van der Waals surface area contributed by atoms with Crippen molar-refractivity contribution in [2.45, 2.75) is 6.61 Å². The second-order valence-electron chi connectivity index (χ2n) is 6.17. The first-order valence-corrected chi connectivity index (χ1v) is 9.88. The molecule has 3 aromatic carbocycles. The summed E-state index contributed by atoms with van der Waals surface area (Å²) in [5, 5.41) is 11.8. The lowest BCUT2D eigenvalue weighted by molar-refractivity contribution is -0.132. The molecule has 0 fully saturated rings. The lowest BCUT2D eigenvalue weighted by Gasteiger charge is -2.08. The average molecular weight is 499 g/mol. The number of rotatable bonds is 7. The maximum atomic E-state index is 12.2. The number of carboxylic acid groups (broad SMARTS) is 1. The van der Waals surface area contributed by atoms with Crippen molar-refractivity contribution in [1.82, 2.24) is 5.32 Å². The van der Waals surface area contributed by atoms with E-state index in [1.54, 1.807) is 54.6 Å². The smallest absolute Gasteiger partial charge is 0.352 e. The molecule has 3 rings (SSSR count). The van der Waals surface area contributed by atoms with E-state index in [1.807, 2.05) is 24.3 Å². The summed E-state index contributed by atoms with van der Waals surface area (Å²) in [6.07, 6.45) is 1.41. The third-order valence-electron chi connectivity index (χ3n) is 4.00. The van der Waals surface area contributed by atoms with Crippen molar-refractivity contribution in [2.24, 2.45) is 0 Å². The van der Waals surface area contributed by atoms with Crippen LogP contribution in [-0.2, 0) is 11.4 Å². The van der Waals surface area contributed by atoms with Gasteiger partial charge < -0.3 is 15.2 Å². The highest BCUT2D eigenvalue weighted by Crippen LogP contribution is 2.17. The number of benzene rings is 3. The molecule has 6 heteroatoms. The van der Waals surface area contributed by atoms with Crippen LogP contribution < -0.4 is 10.1 Å². The molecule has 146 valence electrons. The molecule has 0 unspecified atom stereocenters. The third-order valence-corrected chi connectivity index (χ3v) is 4.67. The fourth-order valence-electron chi connectivity index (χ4n) is 2.56. The Morgan fingerprint density at radius 1 is 0.966 bits per heavy atom. The Kier molecular flexibility index (Phi) is 7.02. The van der Waals surface area contributed by atoms with Crippen LogP contribution in [0.4, 0.5) is 0 Å². The van der Waals surface area contributed by atoms with Gasteiger partial charge in [0.05, 0.1) is 0 Å². The first-order valence-electron chi connectivity index (χ1n) is 8.80. The van der Waals surface area contributed by atoms with Crippen LogP contribution in [0.5, 0.6) is 5.75 Å². The molecule has 29 heavy (non-hydrogen) atoms. The molecular weight excluding hydrogens is 481 g/mol. The van der Waals surface area contributed by atoms with E-state index in [0.717, 1.165) is 9.13 Å². The van der Waals surface area contributed by atoms with Gasteiger partial charge in [0.2, 0.25) is 0 Å². The molecule has 0 bridgehead atoms. The highest BCUT2D eigenvalue weighted by atomic mass is 127. The van der Waals surface area contributed by atoms with Crippen LogP contribution in [0.2, 0.25) is 0 Å². The van der Waals surface area contributed by atoms with Gasteiger partial charge in [-0.2, -0.15) is 0 Å². The summed E-state index contributed by atoms with van der Waals surface area (Å²) in [5.74, 6) is -1.02. The number of amides is 1. The minimum Gasteiger partial charge on any atom is -0.489 e. The fraction of sp³-hybridized carbons (Fsp3) is 0.0435. The van der Waals surface area contributed by atoms with Crippen LogP contribution in [0.3, 0.4) is 0 Å². The van der Waals surface area contributed by atoms with Gasteiger partial charge in [0.1, 0.15) is 18.1 Å². The monoisotopic (exact) mass is 499 g/mol. The SMILES string of the molecule is O=C(O)/C(=C\c1ccc(OCc2cccc(I)c2)cc1)NC(=O)c1ccccc1. The maximum Gasteiger partial charge on any atom is 0.352 e. The standard InChI is InChI=1S/C23H18INO4/c24-19-8-4-5-17(13-19)15-29-20-11-9-16(10-12-20)14-21(23(27)28)25-22(26)18-6-2-1-3-7-18/h1-14H,15H2,(H,25,26)(H,27,28)/b21-14+. The molecule has 0 aliphatic carbocycles. The van der Waals surface area contributed by atoms with Crippen molar-refractivity contribution in [3.63, 3.8) is 0 Å². The van der Waals surface area contributed by atoms with Crippen molar-refractivity contribution < 1.29 is 19.4 Å². The Balaban J connectivity index is 1.67. The normalized spacial score (nSPS) is 11.0. The molecule has 0 saturated heterocycles. The number of carbonyl (C=O) groups excluding carboxylic acids is 1. The van der Waals surface area contributed by atoms with Gasteiger partial charge in [0, 0.05) is 9.13 Å². The van der Waals surface area contributed by atoms with Crippen molar-refractivity contribution in [1.29, 1.82) is 0 Å². The zero-order valence-electron chi connectivity index (χ0n) is 15.3. The topological polar surface area (TPSA) is 75.6 Å². The largest absolute Gasteiger partial charge is 0.489 e. The Morgan fingerprint density at radius 2 is 1.69 bits per heavy atom. The van der Waals surface area contributed by atoms with Gasteiger partial charge in [-0.3, -0.25) is 4.79 Å². The molecule has 5 nitrogen and oxygen atoms in total. The van der Waals surface area contributed by atoms with E-state index >= 15 is 0 Å². The molecule has 0 aliphatic heterocycles. The van der Waals surface area contributed by atoms with Gasteiger partial charge in [-0.15, -0.1) is 0 Å². The van der Waals surface area contributed by atoms with Crippen LogP contribution in [0.25, 0.3) is 6.08 Å². The lowest BCUT2D eigenvalue weighted by Crippen LogP contribution is -2.27. The number of carboxylic acids is 1. The lowest BCUT2D eigenvalue weighted by atomic mass is 10.1. The quantitative estimate of drug-likeness (QED) is 0.364. The molecule has 0 spiro atoms. The van der Waals surface area contributed by atoms with E-state index in [1.165, 1.54) is 6.08 Å². The molecule has 1 amide bonds. The van der Waals surface area contributed by atoms with Crippen LogP contribution in [0.15, 0.2) is 84.6 Å². The molecular formula is C23H18INO4. The van der Waals surface area contributed by atoms with Crippen molar-refractivity contribution in [3.05, 3.63) is 105 Å². The molecule has 0 atom stereocenters. The Morgan fingerprint density at radius 3 is 2.34 bits per heavy atom. The van der Waals surface area contributed by atoms with Gasteiger partial charge in [-0.1, -0.05) is 42.5 Å². The van der Waals surface area contributed by atoms with Crippen LogP contribution in [0, 0.1) is 3.57 Å². The van der Waals surface area contributed by atoms with E-state index in [0.29, 0.717) is 23.5 Å². The first-order chi connectivity index (χ1) is 14.0. The highest BCUT2D eigenvalue weighted by molar-refractivity contribution is 14.1. The van der Waals surface area contributed by atoms with Crippen LogP contribution in [0.1, 0.15) is 21.5 Å². The summed E-state index contributed by atoms with van der Waals surface area (Å²) >= 11 is 2.25. The molecule has 0 aromatic heterocycles. The first kappa shape index (κ1) is 20.6. The summed E-state index contributed by atoms with van der Waals surface area (Å²) in [4.78, 5) is 23.7. The molecule has 0 radical (unpaired) electrons. The fourth-order valence-corrected chi connectivity index (χ4v) is 3.16. The second-order valence-corrected chi connectivity index (χ2v) is 7.42. The Hall–Kier alpha value is -3.13. The highest BCUT2D eigenvalue weighted by Gasteiger charge is 2.13. The van der Waals surface area contributed by atoms with E-state index in [-0.39, 0.29) is 5.70 Å². The summed E-state index contributed by atoms with van der Waals surface area (Å²) < 4.78 is 6.91. The number of nitrogens with one attached hydrogen (secondary N) is 1. The average Bonchev–Trinajstić information content (AvgIpc) is 2.73. The maximum absolute atomic E-state index is 12.2. The summed E-state index contributed by atoms with van der Waals surface area (Å²) in [6, 6.07) is 23.5. The van der Waals surface area contributed by atoms with Crippen molar-refractivity contribution in [3.8, 4) is 5.75 Å². The molecule has 3 aromatic rings. The zero-order chi connectivity index (χ0) is 20.6. The van der Waals surface area contributed by atoms with E-state index in [2.05, 4.69) is 27.9 Å². The van der Waals surface area contributed by atoms with E-state index in [4.69, 9.17) is 4.74 Å². The van der Waals surface area contributed by atoms with Gasteiger partial charge in [0.15, 0.2) is 0 Å². The van der Waals surface area contributed by atoms with Gasteiger partial charge >= 0.3 is 5.97 Å². The molecule has 0 saturated carbocycles. The minimum absolute atomic E-state index is 0.202. The van der Waals surface area contributed by atoms with Gasteiger partial charge in [-0.25, -0.2) is 4.79 Å². The Bertz CT molecular complexity index is 1030. The Labute approximate surface area is 182 Å². The van der Waals surface area contributed by atoms with Gasteiger partial charge in [0.25, 0.3) is 5.91 Å². The van der Waals surface area contributed by atoms with Crippen molar-refractivity contribution >= 4 is 40.5 Å². The summed E-state index contributed by atoms with van der Waals surface area (Å²) in [7, 11) is 0. The van der Waals surface area contributed by atoms with Crippen LogP contribution in [-0.4, -0.2) is 17.0 Å². The number of halogens is 1.